The fourth-order valence-electron chi connectivity index (χ4n) is 2.09. The topological polar surface area (TPSA) is 21.3 Å². The highest BCUT2D eigenvalue weighted by Gasteiger charge is 2.18. The maximum Gasteiger partial charge on any atom is 0.119 e. The minimum atomic E-state index is 0.282. The van der Waals surface area contributed by atoms with Gasteiger partial charge in [-0.25, -0.2) is 0 Å². The summed E-state index contributed by atoms with van der Waals surface area (Å²) in [6.45, 7) is 9.93. The molecule has 0 spiro atoms. The Bertz CT molecular complexity index is 583. The highest BCUT2D eigenvalue weighted by Crippen LogP contribution is 2.23. The summed E-state index contributed by atoms with van der Waals surface area (Å²) in [7, 11) is 1.70. The standard InChI is InChI=1S/C18H25NO/c1-13(18(2,3)4)19-12-14-6-7-16-11-17(20-5)9-8-15(16)10-14/h6-11,13,19H,12H2,1-5H3. The molecule has 0 aliphatic heterocycles. The Morgan fingerprint density at radius 3 is 2.35 bits per heavy atom. The van der Waals surface area contributed by atoms with Gasteiger partial charge in [0, 0.05) is 12.6 Å². The van der Waals surface area contributed by atoms with Crippen LogP contribution in [0.1, 0.15) is 33.3 Å². The van der Waals surface area contributed by atoms with Gasteiger partial charge in [0.05, 0.1) is 7.11 Å². The SMILES string of the molecule is COc1ccc2cc(CNC(C)C(C)(C)C)ccc2c1. The van der Waals surface area contributed by atoms with E-state index in [4.69, 9.17) is 4.74 Å². The van der Waals surface area contributed by atoms with Gasteiger partial charge < -0.3 is 10.1 Å². The fourth-order valence-corrected chi connectivity index (χ4v) is 2.09. The summed E-state index contributed by atoms with van der Waals surface area (Å²) in [5, 5.41) is 6.08. The van der Waals surface area contributed by atoms with Gasteiger partial charge in [0.2, 0.25) is 0 Å². The van der Waals surface area contributed by atoms with Crippen LogP contribution in [-0.2, 0) is 6.54 Å². The van der Waals surface area contributed by atoms with E-state index >= 15 is 0 Å². The van der Waals surface area contributed by atoms with Gasteiger partial charge in [0.1, 0.15) is 5.75 Å². The Balaban J connectivity index is 2.12. The molecule has 0 heterocycles. The van der Waals surface area contributed by atoms with E-state index in [9.17, 15) is 0 Å². The minimum absolute atomic E-state index is 0.282. The van der Waals surface area contributed by atoms with E-state index in [2.05, 4.69) is 63.3 Å². The van der Waals surface area contributed by atoms with Gasteiger partial charge in [0.25, 0.3) is 0 Å². The van der Waals surface area contributed by atoms with Gasteiger partial charge in [-0.1, -0.05) is 39.0 Å². The predicted molar refractivity (Wildman–Crippen MR) is 86.3 cm³/mol. The van der Waals surface area contributed by atoms with E-state index in [1.54, 1.807) is 7.11 Å². The number of fused-ring (bicyclic) bond motifs is 1. The molecule has 0 aliphatic carbocycles. The second kappa shape index (κ2) is 5.84. The largest absolute Gasteiger partial charge is 0.497 e. The van der Waals surface area contributed by atoms with Gasteiger partial charge in [-0.15, -0.1) is 0 Å². The van der Waals surface area contributed by atoms with Crippen LogP contribution in [0.3, 0.4) is 0 Å². The van der Waals surface area contributed by atoms with Crippen molar-refractivity contribution >= 4 is 10.8 Å². The Morgan fingerprint density at radius 2 is 1.70 bits per heavy atom. The van der Waals surface area contributed by atoms with E-state index in [0.29, 0.717) is 6.04 Å². The van der Waals surface area contributed by atoms with Crippen LogP contribution in [0.5, 0.6) is 5.75 Å². The van der Waals surface area contributed by atoms with E-state index in [-0.39, 0.29) is 5.41 Å². The van der Waals surface area contributed by atoms with Crippen molar-refractivity contribution in [1.29, 1.82) is 0 Å². The average Bonchev–Trinajstić information content (AvgIpc) is 2.42. The number of methoxy groups -OCH3 is 1. The smallest absolute Gasteiger partial charge is 0.119 e. The zero-order chi connectivity index (χ0) is 14.8. The maximum absolute atomic E-state index is 5.26. The first-order valence-corrected chi connectivity index (χ1v) is 7.20. The molecule has 2 aromatic rings. The third-order valence-corrected chi connectivity index (χ3v) is 4.02. The molecule has 0 radical (unpaired) electrons. The molecule has 2 rings (SSSR count). The monoisotopic (exact) mass is 271 g/mol. The Morgan fingerprint density at radius 1 is 1.05 bits per heavy atom. The van der Waals surface area contributed by atoms with Crippen molar-refractivity contribution in [1.82, 2.24) is 5.32 Å². The van der Waals surface area contributed by atoms with Gasteiger partial charge in [-0.05, 0) is 46.9 Å². The molecule has 1 N–H and O–H groups in total. The normalized spacial score (nSPS) is 13.4. The number of hydrogen-bond donors (Lipinski definition) is 1. The molecule has 0 aliphatic rings. The summed E-state index contributed by atoms with van der Waals surface area (Å²) in [5.74, 6) is 0.907. The van der Waals surface area contributed by atoms with Crippen molar-refractivity contribution in [3.8, 4) is 5.75 Å². The molecular formula is C18H25NO. The van der Waals surface area contributed by atoms with Crippen molar-refractivity contribution in [2.45, 2.75) is 40.3 Å². The van der Waals surface area contributed by atoms with Crippen LogP contribution in [0.15, 0.2) is 36.4 Å². The van der Waals surface area contributed by atoms with Gasteiger partial charge in [-0.3, -0.25) is 0 Å². The highest BCUT2D eigenvalue weighted by atomic mass is 16.5. The molecule has 0 amide bonds. The molecular weight excluding hydrogens is 246 g/mol. The third-order valence-electron chi connectivity index (χ3n) is 4.02. The van der Waals surface area contributed by atoms with E-state index in [0.717, 1.165) is 12.3 Å². The first-order valence-electron chi connectivity index (χ1n) is 7.20. The molecule has 2 aromatic carbocycles. The predicted octanol–water partition coefficient (Wildman–Crippen LogP) is 4.37. The van der Waals surface area contributed by atoms with E-state index < -0.39 is 0 Å². The summed E-state index contributed by atoms with van der Waals surface area (Å²) in [5.41, 5.74) is 1.60. The quantitative estimate of drug-likeness (QED) is 0.891. The van der Waals surface area contributed by atoms with E-state index in [1.165, 1.54) is 16.3 Å². The van der Waals surface area contributed by atoms with Gasteiger partial charge in [-0.2, -0.15) is 0 Å². The summed E-state index contributed by atoms with van der Waals surface area (Å²) in [6, 6.07) is 13.3. The Hall–Kier alpha value is -1.54. The minimum Gasteiger partial charge on any atom is -0.497 e. The first kappa shape index (κ1) is 14.9. The molecule has 0 bridgehead atoms. The van der Waals surface area contributed by atoms with Crippen LogP contribution in [0.2, 0.25) is 0 Å². The van der Waals surface area contributed by atoms with Crippen molar-refractivity contribution in [3.05, 3.63) is 42.0 Å². The van der Waals surface area contributed by atoms with Crippen molar-refractivity contribution in [2.24, 2.45) is 5.41 Å². The van der Waals surface area contributed by atoms with Crippen LogP contribution in [0, 0.1) is 5.41 Å². The second-order valence-electron chi connectivity index (χ2n) is 6.52. The number of hydrogen-bond acceptors (Lipinski definition) is 2. The molecule has 2 heteroatoms. The fraction of sp³-hybridized carbons (Fsp3) is 0.444. The first-order chi connectivity index (χ1) is 9.40. The number of nitrogens with one attached hydrogen (secondary N) is 1. The Kier molecular flexibility index (Phi) is 4.34. The molecule has 108 valence electrons. The molecule has 0 fully saturated rings. The lowest BCUT2D eigenvalue weighted by atomic mass is 9.88. The van der Waals surface area contributed by atoms with Gasteiger partial charge >= 0.3 is 0 Å². The zero-order valence-electron chi connectivity index (χ0n) is 13.2. The molecule has 0 saturated heterocycles. The van der Waals surface area contributed by atoms with Crippen molar-refractivity contribution in [2.75, 3.05) is 7.11 Å². The molecule has 0 saturated carbocycles. The lowest BCUT2D eigenvalue weighted by molar-refractivity contribution is 0.285. The summed E-state index contributed by atoms with van der Waals surface area (Å²) < 4.78 is 5.26. The van der Waals surface area contributed by atoms with Crippen LogP contribution in [0.25, 0.3) is 10.8 Å². The second-order valence-corrected chi connectivity index (χ2v) is 6.52. The van der Waals surface area contributed by atoms with E-state index in [1.807, 2.05) is 6.07 Å². The zero-order valence-corrected chi connectivity index (χ0v) is 13.2. The van der Waals surface area contributed by atoms with Crippen LogP contribution in [0.4, 0.5) is 0 Å². The number of ether oxygens (including phenoxy) is 1. The lowest BCUT2D eigenvalue weighted by Gasteiger charge is -2.28. The molecule has 1 atom stereocenters. The Labute approximate surface area is 122 Å². The third kappa shape index (κ3) is 3.51. The summed E-state index contributed by atoms with van der Waals surface area (Å²) in [6.07, 6.45) is 0. The van der Waals surface area contributed by atoms with Crippen molar-refractivity contribution < 1.29 is 4.74 Å². The van der Waals surface area contributed by atoms with Crippen LogP contribution in [-0.4, -0.2) is 13.2 Å². The van der Waals surface area contributed by atoms with Crippen LogP contribution < -0.4 is 10.1 Å². The van der Waals surface area contributed by atoms with Gasteiger partial charge in [0.15, 0.2) is 0 Å². The molecule has 1 unspecified atom stereocenters. The number of benzene rings is 2. The summed E-state index contributed by atoms with van der Waals surface area (Å²) >= 11 is 0. The number of rotatable bonds is 4. The van der Waals surface area contributed by atoms with Crippen molar-refractivity contribution in [3.63, 3.8) is 0 Å². The lowest BCUT2D eigenvalue weighted by Crippen LogP contribution is -2.37. The maximum atomic E-state index is 5.26. The molecule has 0 aromatic heterocycles. The van der Waals surface area contributed by atoms with Crippen LogP contribution >= 0.6 is 0 Å². The molecule has 20 heavy (non-hydrogen) atoms. The summed E-state index contributed by atoms with van der Waals surface area (Å²) in [4.78, 5) is 0. The highest BCUT2D eigenvalue weighted by molar-refractivity contribution is 5.84. The molecule has 2 nitrogen and oxygen atoms in total. The average molecular weight is 271 g/mol.